The molecule has 0 saturated heterocycles. The first-order valence-corrected chi connectivity index (χ1v) is 10.4. The molecule has 2 aromatic carbocycles. The van der Waals surface area contributed by atoms with Crippen LogP contribution < -0.4 is 0 Å². The molecule has 0 N–H and O–H groups in total. The zero-order valence-electron chi connectivity index (χ0n) is 16.7. The van der Waals surface area contributed by atoms with Crippen molar-refractivity contribution in [2.75, 3.05) is 6.54 Å². The lowest BCUT2D eigenvalue weighted by Gasteiger charge is -2.27. The number of hydrogen-bond donors (Lipinski definition) is 0. The third-order valence-electron chi connectivity index (χ3n) is 5.40. The van der Waals surface area contributed by atoms with E-state index in [0.717, 1.165) is 60.2 Å². The summed E-state index contributed by atoms with van der Waals surface area (Å²) in [6.07, 6.45) is 2.84. The summed E-state index contributed by atoms with van der Waals surface area (Å²) in [6.45, 7) is 4.47. The van der Waals surface area contributed by atoms with Crippen LogP contribution in [-0.4, -0.2) is 26.4 Å². The van der Waals surface area contributed by atoms with Crippen molar-refractivity contribution >= 4 is 11.6 Å². The van der Waals surface area contributed by atoms with E-state index in [9.17, 15) is 0 Å². The topological polar surface area (TPSA) is 55.1 Å². The molecule has 0 bridgehead atoms. The molecule has 0 radical (unpaired) electrons. The number of nitrogens with zero attached hydrogens (tertiary/aromatic N) is 4. The number of fused-ring (bicyclic) bond motifs is 1. The van der Waals surface area contributed by atoms with Crippen molar-refractivity contribution in [2.24, 2.45) is 0 Å². The van der Waals surface area contributed by atoms with E-state index in [2.05, 4.69) is 9.88 Å². The Balaban J connectivity index is 1.32. The Labute approximate surface area is 180 Å². The summed E-state index contributed by atoms with van der Waals surface area (Å²) in [6, 6.07) is 17.7. The van der Waals surface area contributed by atoms with Gasteiger partial charge >= 0.3 is 0 Å². The second kappa shape index (κ2) is 8.01. The predicted molar refractivity (Wildman–Crippen MR) is 117 cm³/mol. The molecule has 0 spiro atoms. The highest BCUT2D eigenvalue weighted by atomic mass is 35.5. The lowest BCUT2D eigenvalue weighted by Crippen LogP contribution is -2.31. The summed E-state index contributed by atoms with van der Waals surface area (Å²) in [4.78, 5) is 16.5. The molecule has 0 aliphatic carbocycles. The van der Waals surface area contributed by atoms with Crippen molar-refractivity contribution in [2.45, 2.75) is 26.4 Å². The van der Waals surface area contributed by atoms with Gasteiger partial charge in [-0.2, -0.15) is 0 Å². The fourth-order valence-electron chi connectivity index (χ4n) is 3.74. The number of benzene rings is 2. The van der Waals surface area contributed by atoms with Crippen LogP contribution >= 0.6 is 11.6 Å². The van der Waals surface area contributed by atoms with E-state index in [1.165, 1.54) is 5.56 Å². The average Bonchev–Trinajstić information content (AvgIpc) is 3.15. The van der Waals surface area contributed by atoms with Gasteiger partial charge in [0.25, 0.3) is 0 Å². The molecule has 0 saturated carbocycles. The van der Waals surface area contributed by atoms with Crippen LogP contribution in [0.3, 0.4) is 0 Å². The van der Waals surface area contributed by atoms with Gasteiger partial charge in [0.05, 0.1) is 11.4 Å². The van der Waals surface area contributed by atoms with Crippen LogP contribution in [0.25, 0.3) is 22.8 Å². The number of aryl methyl sites for hydroxylation is 1. The molecular weight excluding hydrogens is 396 g/mol. The minimum Gasteiger partial charge on any atom is -0.441 e. The Morgan fingerprint density at radius 3 is 2.60 bits per heavy atom. The van der Waals surface area contributed by atoms with Crippen LogP contribution in [0.1, 0.15) is 22.7 Å². The maximum absolute atomic E-state index is 5.99. The quantitative estimate of drug-likeness (QED) is 0.450. The Kier molecular flexibility index (Phi) is 5.07. The normalized spacial score (nSPS) is 13.9. The first kappa shape index (κ1) is 19.0. The van der Waals surface area contributed by atoms with Gasteiger partial charge in [0.1, 0.15) is 5.76 Å². The molecule has 4 aromatic rings. The summed E-state index contributed by atoms with van der Waals surface area (Å²) in [5, 5.41) is 0.714. The molecule has 1 aliphatic rings. The maximum Gasteiger partial charge on any atom is 0.226 e. The summed E-state index contributed by atoms with van der Waals surface area (Å²) in [7, 11) is 0. The molecular formula is C24H21ClN4O. The van der Waals surface area contributed by atoms with Gasteiger partial charge < -0.3 is 4.42 Å². The summed E-state index contributed by atoms with van der Waals surface area (Å²) < 4.78 is 5.91. The Morgan fingerprint density at radius 2 is 1.80 bits per heavy atom. The molecule has 0 atom stereocenters. The second-order valence-electron chi connectivity index (χ2n) is 7.52. The van der Waals surface area contributed by atoms with E-state index >= 15 is 0 Å². The summed E-state index contributed by atoms with van der Waals surface area (Å²) in [5.74, 6) is 2.30. The summed E-state index contributed by atoms with van der Waals surface area (Å²) in [5.41, 5.74) is 5.25. The van der Waals surface area contributed by atoms with Crippen molar-refractivity contribution in [3.63, 3.8) is 0 Å². The Bertz CT molecular complexity index is 1170. The number of halogens is 1. The van der Waals surface area contributed by atoms with Crippen LogP contribution in [0.15, 0.2) is 65.2 Å². The predicted octanol–water partition coefficient (Wildman–Crippen LogP) is 5.32. The van der Waals surface area contributed by atoms with Gasteiger partial charge in [-0.25, -0.2) is 15.0 Å². The average molecular weight is 417 g/mol. The molecule has 30 heavy (non-hydrogen) atoms. The Morgan fingerprint density at radius 1 is 1.00 bits per heavy atom. The molecule has 150 valence electrons. The highest BCUT2D eigenvalue weighted by Gasteiger charge is 2.21. The molecule has 0 fully saturated rings. The molecule has 5 nitrogen and oxygen atoms in total. The van der Waals surface area contributed by atoms with Gasteiger partial charge in [-0.1, -0.05) is 29.8 Å². The molecule has 3 heterocycles. The van der Waals surface area contributed by atoms with Crippen LogP contribution in [0.2, 0.25) is 5.02 Å². The molecule has 0 amide bonds. The Hall–Kier alpha value is -3.02. The van der Waals surface area contributed by atoms with E-state index in [4.69, 9.17) is 26.0 Å². The monoisotopic (exact) mass is 416 g/mol. The molecule has 5 rings (SSSR count). The first-order valence-electron chi connectivity index (χ1n) is 10.0. The van der Waals surface area contributed by atoms with Gasteiger partial charge in [0.15, 0.2) is 5.82 Å². The van der Waals surface area contributed by atoms with Gasteiger partial charge in [0.2, 0.25) is 5.89 Å². The van der Waals surface area contributed by atoms with Crippen molar-refractivity contribution in [1.29, 1.82) is 0 Å². The van der Waals surface area contributed by atoms with Crippen molar-refractivity contribution in [1.82, 2.24) is 19.9 Å². The second-order valence-corrected chi connectivity index (χ2v) is 7.96. The fraction of sp³-hybridized carbons (Fsp3) is 0.208. The molecule has 6 heteroatoms. The minimum absolute atomic E-state index is 0.677. The van der Waals surface area contributed by atoms with E-state index < -0.39 is 0 Å². The number of hydrogen-bond acceptors (Lipinski definition) is 5. The van der Waals surface area contributed by atoms with Crippen LogP contribution in [0, 0.1) is 6.92 Å². The standard InChI is InChI=1S/C24H21ClN4O/c1-16-22(28-24(30-16)18-5-3-2-4-6-18)15-29-12-11-21-19(14-29)13-26-23(27-21)17-7-9-20(25)10-8-17/h2-10,13H,11-12,14-15H2,1H3. The maximum atomic E-state index is 5.99. The van der Waals surface area contributed by atoms with Gasteiger partial charge in [-0.3, -0.25) is 4.90 Å². The molecule has 1 aliphatic heterocycles. The van der Waals surface area contributed by atoms with E-state index in [1.807, 2.05) is 67.7 Å². The largest absolute Gasteiger partial charge is 0.441 e. The van der Waals surface area contributed by atoms with Crippen LogP contribution in [-0.2, 0) is 19.5 Å². The highest BCUT2D eigenvalue weighted by molar-refractivity contribution is 6.30. The smallest absolute Gasteiger partial charge is 0.226 e. The van der Waals surface area contributed by atoms with Crippen molar-refractivity contribution < 1.29 is 4.42 Å². The van der Waals surface area contributed by atoms with Crippen molar-refractivity contribution in [3.8, 4) is 22.8 Å². The highest BCUT2D eigenvalue weighted by Crippen LogP contribution is 2.26. The molecule has 2 aromatic heterocycles. The van der Waals surface area contributed by atoms with E-state index in [1.54, 1.807) is 0 Å². The van der Waals surface area contributed by atoms with Crippen LogP contribution in [0.5, 0.6) is 0 Å². The zero-order valence-corrected chi connectivity index (χ0v) is 17.4. The SMILES string of the molecule is Cc1oc(-c2ccccc2)nc1CN1CCc2nc(-c3ccc(Cl)cc3)ncc2C1. The third kappa shape index (κ3) is 3.86. The first-order chi connectivity index (χ1) is 14.7. The number of rotatable bonds is 4. The number of aromatic nitrogens is 3. The third-order valence-corrected chi connectivity index (χ3v) is 5.65. The lowest BCUT2D eigenvalue weighted by atomic mass is 10.1. The van der Waals surface area contributed by atoms with Crippen molar-refractivity contribution in [3.05, 3.63) is 88.5 Å². The lowest BCUT2D eigenvalue weighted by molar-refractivity contribution is 0.239. The zero-order chi connectivity index (χ0) is 20.5. The summed E-state index contributed by atoms with van der Waals surface area (Å²) >= 11 is 5.99. The molecule has 0 unspecified atom stereocenters. The van der Waals surface area contributed by atoms with E-state index in [-0.39, 0.29) is 0 Å². The van der Waals surface area contributed by atoms with Gasteiger partial charge in [0, 0.05) is 54.0 Å². The van der Waals surface area contributed by atoms with Gasteiger partial charge in [-0.15, -0.1) is 0 Å². The van der Waals surface area contributed by atoms with Crippen LogP contribution in [0.4, 0.5) is 0 Å². The minimum atomic E-state index is 0.677. The fourth-order valence-corrected chi connectivity index (χ4v) is 3.86. The van der Waals surface area contributed by atoms with E-state index in [0.29, 0.717) is 10.9 Å². The number of oxazole rings is 1. The van der Waals surface area contributed by atoms with Gasteiger partial charge in [-0.05, 0) is 43.3 Å².